The van der Waals surface area contributed by atoms with Crippen LogP contribution in [0.5, 0.6) is 11.5 Å². The molecule has 4 nitrogen and oxygen atoms in total. The Morgan fingerprint density at radius 1 is 0.968 bits per heavy atom. The molecule has 0 radical (unpaired) electrons. The number of benzene rings is 3. The van der Waals surface area contributed by atoms with Crippen LogP contribution in [0.1, 0.15) is 34.7 Å². The van der Waals surface area contributed by atoms with Crippen LogP contribution in [0, 0.1) is 0 Å². The van der Waals surface area contributed by atoms with Gasteiger partial charge in [0.25, 0.3) is 0 Å². The number of halogens is 1. The number of aryl methyl sites for hydroxylation is 1. The first-order valence-electron chi connectivity index (χ1n) is 10.4. The molecule has 3 aromatic carbocycles. The van der Waals surface area contributed by atoms with Gasteiger partial charge in [-0.3, -0.25) is 4.79 Å². The molecule has 1 heterocycles. The number of hydrogen-bond acceptors (Lipinski definition) is 3. The molecule has 0 saturated heterocycles. The van der Waals surface area contributed by atoms with E-state index in [1.807, 2.05) is 59.5 Å². The number of amides is 1. The first-order chi connectivity index (χ1) is 15.1. The fraction of sp³-hybridized carbons (Fsp3) is 0.269. The number of fused-ring (bicyclic) bond motifs is 1. The second kappa shape index (κ2) is 9.44. The predicted octanol–water partition coefficient (Wildman–Crippen LogP) is 5.46. The molecule has 0 spiro atoms. The fourth-order valence-corrected chi connectivity index (χ4v) is 4.53. The average molecular weight is 436 g/mol. The van der Waals surface area contributed by atoms with Crippen LogP contribution in [0.25, 0.3) is 0 Å². The Kier molecular flexibility index (Phi) is 6.47. The first-order valence-corrected chi connectivity index (χ1v) is 10.8. The molecule has 1 aliphatic heterocycles. The molecule has 5 heteroatoms. The summed E-state index contributed by atoms with van der Waals surface area (Å²) in [4.78, 5) is 15.3. The number of methoxy groups -OCH3 is 2. The van der Waals surface area contributed by atoms with Crippen LogP contribution >= 0.6 is 11.6 Å². The van der Waals surface area contributed by atoms with E-state index in [9.17, 15) is 4.79 Å². The highest BCUT2D eigenvalue weighted by Gasteiger charge is 2.34. The van der Waals surface area contributed by atoms with E-state index >= 15 is 0 Å². The summed E-state index contributed by atoms with van der Waals surface area (Å²) < 4.78 is 11.1. The van der Waals surface area contributed by atoms with Gasteiger partial charge in [0.1, 0.15) is 0 Å². The third kappa shape index (κ3) is 4.40. The SMILES string of the molecule is COc1cc2c(cc1OC)C(c1ccccc1Cl)N(C(=O)CCc1ccccc1)CC2. The summed E-state index contributed by atoms with van der Waals surface area (Å²) in [5, 5.41) is 0.649. The van der Waals surface area contributed by atoms with Crippen LogP contribution in [-0.2, 0) is 17.6 Å². The largest absolute Gasteiger partial charge is 0.493 e. The average Bonchev–Trinajstić information content (AvgIpc) is 2.82. The standard InChI is InChI=1S/C26H26ClNO3/c1-30-23-16-19-14-15-28(25(29)13-12-18-8-4-3-5-9-18)26(21(19)17-24(23)31-2)20-10-6-7-11-22(20)27/h3-11,16-17,26H,12-15H2,1-2H3. The lowest BCUT2D eigenvalue weighted by molar-refractivity contribution is -0.133. The van der Waals surface area contributed by atoms with Crippen LogP contribution in [0.4, 0.5) is 0 Å². The molecular formula is C26H26ClNO3. The molecule has 160 valence electrons. The van der Waals surface area contributed by atoms with E-state index in [-0.39, 0.29) is 11.9 Å². The van der Waals surface area contributed by atoms with Crippen molar-refractivity contribution in [2.45, 2.75) is 25.3 Å². The number of ether oxygens (including phenoxy) is 2. The highest BCUT2D eigenvalue weighted by Crippen LogP contribution is 2.42. The summed E-state index contributed by atoms with van der Waals surface area (Å²) in [6.45, 7) is 0.631. The number of nitrogens with zero attached hydrogens (tertiary/aromatic N) is 1. The Balaban J connectivity index is 1.72. The van der Waals surface area contributed by atoms with E-state index in [0.29, 0.717) is 35.9 Å². The van der Waals surface area contributed by atoms with Gasteiger partial charge in [-0.25, -0.2) is 0 Å². The third-order valence-corrected chi connectivity index (χ3v) is 6.21. The monoisotopic (exact) mass is 435 g/mol. The van der Waals surface area contributed by atoms with Gasteiger partial charge in [-0.15, -0.1) is 0 Å². The van der Waals surface area contributed by atoms with E-state index in [1.165, 1.54) is 0 Å². The zero-order valence-electron chi connectivity index (χ0n) is 17.8. The molecule has 3 aromatic rings. The maximum absolute atomic E-state index is 13.4. The van der Waals surface area contributed by atoms with Gasteiger partial charge in [-0.1, -0.05) is 60.1 Å². The topological polar surface area (TPSA) is 38.8 Å². The second-order valence-corrected chi connectivity index (χ2v) is 8.06. The number of hydrogen-bond donors (Lipinski definition) is 0. The van der Waals surface area contributed by atoms with Crippen LogP contribution in [0.3, 0.4) is 0 Å². The number of carbonyl (C=O) groups is 1. The molecule has 1 atom stereocenters. The van der Waals surface area contributed by atoms with Gasteiger partial charge in [0.2, 0.25) is 5.91 Å². The van der Waals surface area contributed by atoms with Crippen molar-refractivity contribution in [3.63, 3.8) is 0 Å². The lowest BCUT2D eigenvalue weighted by Gasteiger charge is -2.38. The van der Waals surface area contributed by atoms with E-state index in [0.717, 1.165) is 28.7 Å². The predicted molar refractivity (Wildman–Crippen MR) is 123 cm³/mol. The smallest absolute Gasteiger partial charge is 0.223 e. The van der Waals surface area contributed by atoms with Crippen molar-refractivity contribution >= 4 is 17.5 Å². The van der Waals surface area contributed by atoms with E-state index < -0.39 is 0 Å². The Hall–Kier alpha value is -2.98. The van der Waals surface area contributed by atoms with Gasteiger partial charge in [-0.2, -0.15) is 0 Å². The molecule has 0 bridgehead atoms. The lowest BCUT2D eigenvalue weighted by atomic mass is 9.87. The summed E-state index contributed by atoms with van der Waals surface area (Å²) in [6, 6.07) is 21.6. The Labute approximate surface area is 188 Å². The van der Waals surface area contributed by atoms with Crippen LogP contribution in [0.2, 0.25) is 5.02 Å². The molecule has 0 aliphatic carbocycles. The number of carbonyl (C=O) groups excluding carboxylic acids is 1. The lowest BCUT2D eigenvalue weighted by Crippen LogP contribution is -2.40. The van der Waals surface area contributed by atoms with Crippen molar-refractivity contribution in [3.05, 3.63) is 94.0 Å². The summed E-state index contributed by atoms with van der Waals surface area (Å²) in [5.41, 5.74) is 4.26. The maximum Gasteiger partial charge on any atom is 0.223 e. The van der Waals surface area contributed by atoms with Crippen molar-refractivity contribution in [2.75, 3.05) is 20.8 Å². The molecule has 1 aliphatic rings. The van der Waals surface area contributed by atoms with Crippen LogP contribution in [-0.4, -0.2) is 31.6 Å². The van der Waals surface area contributed by atoms with Crippen molar-refractivity contribution in [1.29, 1.82) is 0 Å². The molecule has 31 heavy (non-hydrogen) atoms. The van der Waals surface area contributed by atoms with Gasteiger partial charge in [0, 0.05) is 18.0 Å². The van der Waals surface area contributed by atoms with Gasteiger partial charge < -0.3 is 14.4 Å². The Morgan fingerprint density at radius 3 is 2.35 bits per heavy atom. The van der Waals surface area contributed by atoms with Crippen molar-refractivity contribution < 1.29 is 14.3 Å². The van der Waals surface area contributed by atoms with Gasteiger partial charge in [0.05, 0.1) is 20.3 Å². The van der Waals surface area contributed by atoms with Gasteiger partial charge in [-0.05, 0) is 53.3 Å². The molecule has 4 rings (SSSR count). The van der Waals surface area contributed by atoms with Crippen molar-refractivity contribution in [1.82, 2.24) is 4.90 Å². The minimum absolute atomic E-state index is 0.120. The molecule has 0 N–H and O–H groups in total. The summed E-state index contributed by atoms with van der Waals surface area (Å²) in [5.74, 6) is 1.47. The Bertz CT molecular complexity index is 1070. The van der Waals surface area contributed by atoms with Crippen LogP contribution < -0.4 is 9.47 Å². The van der Waals surface area contributed by atoms with Gasteiger partial charge in [0.15, 0.2) is 11.5 Å². The molecule has 0 aromatic heterocycles. The molecular weight excluding hydrogens is 410 g/mol. The highest BCUT2D eigenvalue weighted by molar-refractivity contribution is 6.31. The quantitative estimate of drug-likeness (QED) is 0.515. The normalized spacial score (nSPS) is 15.3. The molecule has 1 amide bonds. The van der Waals surface area contributed by atoms with E-state index in [2.05, 4.69) is 12.1 Å². The minimum Gasteiger partial charge on any atom is -0.493 e. The fourth-order valence-electron chi connectivity index (χ4n) is 4.29. The van der Waals surface area contributed by atoms with Crippen molar-refractivity contribution in [3.8, 4) is 11.5 Å². The highest BCUT2D eigenvalue weighted by atomic mass is 35.5. The zero-order chi connectivity index (χ0) is 21.8. The molecule has 0 fully saturated rings. The summed E-state index contributed by atoms with van der Waals surface area (Å²) >= 11 is 6.61. The Morgan fingerprint density at radius 2 is 1.65 bits per heavy atom. The van der Waals surface area contributed by atoms with E-state index in [4.69, 9.17) is 21.1 Å². The molecule has 0 saturated carbocycles. The van der Waals surface area contributed by atoms with E-state index in [1.54, 1.807) is 14.2 Å². The number of rotatable bonds is 6. The maximum atomic E-state index is 13.4. The van der Waals surface area contributed by atoms with Crippen molar-refractivity contribution in [2.24, 2.45) is 0 Å². The van der Waals surface area contributed by atoms with Crippen LogP contribution in [0.15, 0.2) is 66.7 Å². The van der Waals surface area contributed by atoms with Gasteiger partial charge >= 0.3 is 0 Å². The minimum atomic E-state index is -0.263. The molecule has 1 unspecified atom stereocenters. The summed E-state index contributed by atoms with van der Waals surface area (Å²) in [7, 11) is 3.26. The first kappa shape index (κ1) is 21.3. The zero-order valence-corrected chi connectivity index (χ0v) is 18.6. The summed E-state index contributed by atoms with van der Waals surface area (Å²) in [6.07, 6.45) is 1.92. The second-order valence-electron chi connectivity index (χ2n) is 7.65. The third-order valence-electron chi connectivity index (χ3n) is 5.86.